The van der Waals surface area contributed by atoms with Gasteiger partial charge < -0.3 is 21.3 Å². The van der Waals surface area contributed by atoms with E-state index in [9.17, 15) is 15.0 Å². The van der Waals surface area contributed by atoms with Crippen LogP contribution in [0.3, 0.4) is 0 Å². The summed E-state index contributed by atoms with van der Waals surface area (Å²) in [5, 5.41) is 24.3. The predicted octanol–water partition coefficient (Wildman–Crippen LogP) is 3.47. The van der Waals surface area contributed by atoms with Gasteiger partial charge in [-0.2, -0.15) is 0 Å². The lowest BCUT2D eigenvalue weighted by molar-refractivity contribution is -0.172. The lowest BCUT2D eigenvalue weighted by atomic mass is 9.44. The van der Waals surface area contributed by atoms with Crippen molar-refractivity contribution in [1.82, 2.24) is 5.32 Å². The fraction of sp³-hybridized carbons (Fsp3) is 0.962. The van der Waals surface area contributed by atoms with E-state index in [4.69, 9.17) is 5.73 Å². The van der Waals surface area contributed by atoms with Crippen molar-refractivity contribution in [3.63, 3.8) is 0 Å². The average molecular weight is 435 g/mol. The monoisotopic (exact) mass is 434 g/mol. The van der Waals surface area contributed by atoms with Crippen molar-refractivity contribution < 1.29 is 15.0 Å². The molecule has 0 aromatic heterocycles. The van der Waals surface area contributed by atoms with Crippen LogP contribution in [0.25, 0.3) is 0 Å². The van der Waals surface area contributed by atoms with E-state index in [1.807, 2.05) is 0 Å². The number of hydrogen-bond donors (Lipinski definition) is 4. The van der Waals surface area contributed by atoms with Gasteiger partial charge in [0.15, 0.2) is 0 Å². The van der Waals surface area contributed by atoms with Crippen LogP contribution in [0.5, 0.6) is 0 Å². The van der Waals surface area contributed by atoms with E-state index in [0.29, 0.717) is 54.5 Å². The fourth-order valence-electron chi connectivity index (χ4n) is 9.11. The summed E-state index contributed by atoms with van der Waals surface area (Å²) in [6, 6.07) is 0. The maximum atomic E-state index is 12.1. The number of nitrogens with one attached hydrogen (secondary N) is 1. The molecule has 4 rings (SSSR count). The number of rotatable bonds is 6. The van der Waals surface area contributed by atoms with Gasteiger partial charge in [0.2, 0.25) is 5.91 Å². The highest BCUT2D eigenvalue weighted by atomic mass is 16.3. The molecule has 5 nitrogen and oxygen atoms in total. The molecule has 5 unspecified atom stereocenters. The van der Waals surface area contributed by atoms with Gasteiger partial charge >= 0.3 is 0 Å². The summed E-state index contributed by atoms with van der Waals surface area (Å²) in [5.74, 6) is 3.65. The summed E-state index contributed by atoms with van der Waals surface area (Å²) < 4.78 is 0. The molecule has 5 N–H and O–H groups in total. The number of aliphatic hydroxyl groups excluding tert-OH is 2. The molecular weight excluding hydrogens is 388 g/mol. The van der Waals surface area contributed by atoms with Gasteiger partial charge in [-0.25, -0.2) is 0 Å². The molecule has 4 saturated carbocycles. The van der Waals surface area contributed by atoms with Crippen LogP contribution in [-0.2, 0) is 4.79 Å². The van der Waals surface area contributed by atoms with Crippen LogP contribution in [0.2, 0.25) is 0 Å². The Hall–Kier alpha value is -0.650. The van der Waals surface area contributed by atoms with E-state index < -0.39 is 0 Å². The first-order valence-electron chi connectivity index (χ1n) is 13.0. The standard InChI is InChI=1S/C26H46N2O3/c1-16(4-7-24(31)28-13-12-27)19-5-6-20-18-15-23(30)22-14-17(29)8-10-26(22,3)21(18)9-11-25(19,20)2/h16-23,29-30H,4-15,27H2,1-3H3,(H,28,31)/t16?,17-,18?,19?,20?,21?,22+,23+,25-,26-/m1/s1. The van der Waals surface area contributed by atoms with Crippen LogP contribution >= 0.6 is 0 Å². The van der Waals surface area contributed by atoms with Crippen molar-refractivity contribution in [3.05, 3.63) is 0 Å². The third-order valence-electron chi connectivity index (χ3n) is 10.7. The van der Waals surface area contributed by atoms with Gasteiger partial charge in [0.1, 0.15) is 0 Å². The van der Waals surface area contributed by atoms with Crippen molar-refractivity contribution in [2.45, 2.75) is 97.2 Å². The lowest BCUT2D eigenvalue weighted by Gasteiger charge is -2.62. The number of carbonyl (C=O) groups is 1. The van der Waals surface area contributed by atoms with Gasteiger partial charge in [0, 0.05) is 19.5 Å². The summed E-state index contributed by atoms with van der Waals surface area (Å²) in [6.45, 7) is 8.38. The third-order valence-corrected chi connectivity index (χ3v) is 10.7. The third kappa shape index (κ3) is 4.08. The topological polar surface area (TPSA) is 95.6 Å². The zero-order valence-electron chi connectivity index (χ0n) is 20.0. The Labute approximate surface area is 188 Å². The zero-order chi connectivity index (χ0) is 22.4. The highest BCUT2D eigenvalue weighted by Gasteiger charge is 2.62. The summed E-state index contributed by atoms with van der Waals surface area (Å²) in [6.07, 6.45) is 9.87. The van der Waals surface area contributed by atoms with Crippen LogP contribution in [-0.4, -0.2) is 41.4 Å². The quantitative estimate of drug-likeness (QED) is 0.515. The molecule has 0 aromatic rings. The van der Waals surface area contributed by atoms with Crippen LogP contribution < -0.4 is 11.1 Å². The number of aliphatic hydroxyl groups is 2. The van der Waals surface area contributed by atoms with Crippen LogP contribution in [0, 0.1) is 46.3 Å². The minimum Gasteiger partial charge on any atom is -0.393 e. The molecule has 0 aromatic carbocycles. The summed E-state index contributed by atoms with van der Waals surface area (Å²) in [4.78, 5) is 12.1. The molecule has 4 aliphatic rings. The van der Waals surface area contributed by atoms with E-state index >= 15 is 0 Å². The van der Waals surface area contributed by atoms with Gasteiger partial charge in [-0.05, 0) is 104 Å². The van der Waals surface area contributed by atoms with Crippen molar-refractivity contribution in [2.75, 3.05) is 13.1 Å². The maximum Gasteiger partial charge on any atom is 0.220 e. The van der Waals surface area contributed by atoms with E-state index in [-0.39, 0.29) is 29.4 Å². The number of amides is 1. The Morgan fingerprint density at radius 2 is 1.74 bits per heavy atom. The molecule has 4 aliphatic carbocycles. The lowest BCUT2D eigenvalue weighted by Crippen LogP contribution is -2.58. The largest absolute Gasteiger partial charge is 0.393 e. The molecule has 0 saturated heterocycles. The molecular formula is C26H46N2O3. The van der Waals surface area contributed by atoms with Gasteiger partial charge in [0.25, 0.3) is 0 Å². The molecule has 178 valence electrons. The molecule has 0 spiro atoms. The molecule has 0 radical (unpaired) electrons. The first kappa shape index (κ1) is 23.5. The maximum absolute atomic E-state index is 12.1. The number of hydrogen-bond acceptors (Lipinski definition) is 4. The van der Waals surface area contributed by atoms with E-state index in [1.54, 1.807) is 0 Å². The Morgan fingerprint density at radius 3 is 2.48 bits per heavy atom. The summed E-state index contributed by atoms with van der Waals surface area (Å²) in [5.41, 5.74) is 6.03. The Bertz CT molecular complexity index is 657. The van der Waals surface area contributed by atoms with E-state index in [2.05, 4.69) is 26.1 Å². The smallest absolute Gasteiger partial charge is 0.220 e. The first-order chi connectivity index (χ1) is 14.7. The number of carbonyl (C=O) groups excluding carboxylic acids is 1. The number of nitrogens with two attached hydrogens (primary N) is 1. The Balaban J connectivity index is 1.45. The molecule has 0 aliphatic heterocycles. The van der Waals surface area contributed by atoms with Crippen LogP contribution in [0.1, 0.15) is 85.0 Å². The molecule has 1 amide bonds. The molecule has 31 heavy (non-hydrogen) atoms. The second-order valence-corrected chi connectivity index (χ2v) is 12.1. The highest BCUT2D eigenvalue weighted by molar-refractivity contribution is 5.75. The summed E-state index contributed by atoms with van der Waals surface area (Å²) >= 11 is 0. The molecule has 0 bridgehead atoms. The van der Waals surface area contributed by atoms with Gasteiger partial charge in [0.05, 0.1) is 12.2 Å². The van der Waals surface area contributed by atoms with Crippen LogP contribution in [0.15, 0.2) is 0 Å². The zero-order valence-corrected chi connectivity index (χ0v) is 20.0. The number of fused-ring (bicyclic) bond motifs is 5. The average Bonchev–Trinajstić information content (AvgIpc) is 3.09. The SMILES string of the molecule is CC(CCC(=O)NCCN)C1CCC2C3C[C@H](O)[C@@H]4C[C@H](O)CC[C@]4(C)C3CC[C@]12C. The summed E-state index contributed by atoms with van der Waals surface area (Å²) in [7, 11) is 0. The van der Waals surface area contributed by atoms with Crippen molar-refractivity contribution in [1.29, 1.82) is 0 Å². The van der Waals surface area contributed by atoms with Crippen molar-refractivity contribution >= 4 is 5.91 Å². The van der Waals surface area contributed by atoms with E-state index in [0.717, 1.165) is 32.1 Å². The molecule has 4 fully saturated rings. The van der Waals surface area contributed by atoms with E-state index in [1.165, 1.54) is 25.7 Å². The Kier molecular flexibility index (Phi) is 6.78. The second-order valence-electron chi connectivity index (χ2n) is 12.1. The molecule has 10 atom stereocenters. The van der Waals surface area contributed by atoms with Crippen molar-refractivity contribution in [3.8, 4) is 0 Å². The fourth-order valence-corrected chi connectivity index (χ4v) is 9.11. The van der Waals surface area contributed by atoms with Gasteiger partial charge in [-0.1, -0.05) is 20.8 Å². The van der Waals surface area contributed by atoms with Crippen LogP contribution in [0.4, 0.5) is 0 Å². The van der Waals surface area contributed by atoms with Gasteiger partial charge in [-0.15, -0.1) is 0 Å². The van der Waals surface area contributed by atoms with Crippen molar-refractivity contribution in [2.24, 2.45) is 52.1 Å². The van der Waals surface area contributed by atoms with Gasteiger partial charge in [-0.3, -0.25) is 4.79 Å². The first-order valence-corrected chi connectivity index (χ1v) is 13.0. The second kappa shape index (κ2) is 8.95. The Morgan fingerprint density at radius 1 is 1.03 bits per heavy atom. The predicted molar refractivity (Wildman–Crippen MR) is 123 cm³/mol. The molecule has 5 heteroatoms. The minimum absolute atomic E-state index is 0.134. The highest BCUT2D eigenvalue weighted by Crippen LogP contribution is 2.68. The molecule has 0 heterocycles. The minimum atomic E-state index is -0.258. The normalized spacial score (nSPS) is 47.7.